The summed E-state index contributed by atoms with van der Waals surface area (Å²) in [5, 5.41) is 11.7. The fourth-order valence-corrected chi connectivity index (χ4v) is 6.64. The fraction of sp³-hybridized carbons (Fsp3) is 0.0811. The zero-order chi connectivity index (χ0) is 30.1. The zero-order valence-corrected chi connectivity index (χ0v) is 25.5. The number of nitriles is 1. The molecule has 6 heteroatoms. The van der Waals surface area contributed by atoms with Crippen LogP contribution in [0.2, 0.25) is 5.02 Å². The molecule has 0 aliphatic heterocycles. The van der Waals surface area contributed by atoms with Gasteiger partial charge in [-0.05, 0) is 73.8 Å². The summed E-state index contributed by atoms with van der Waals surface area (Å²) >= 11 is 8.36. The van der Waals surface area contributed by atoms with E-state index in [0.29, 0.717) is 16.1 Å². The van der Waals surface area contributed by atoms with Gasteiger partial charge < -0.3 is 4.74 Å². The van der Waals surface area contributed by atoms with Crippen molar-refractivity contribution in [3.63, 3.8) is 0 Å². The van der Waals surface area contributed by atoms with Gasteiger partial charge in [-0.15, -0.1) is 0 Å². The quantitative estimate of drug-likeness (QED) is 0.179. The molecule has 0 N–H and O–H groups in total. The summed E-state index contributed by atoms with van der Waals surface area (Å²) in [6.07, 6.45) is 0. The third-order valence-corrected chi connectivity index (χ3v) is 8.81. The number of hydrogen-bond acceptors (Lipinski definition) is 4. The maximum atomic E-state index is 12.1. The number of para-hydroxylation sites is 1. The van der Waals surface area contributed by atoms with Gasteiger partial charge in [-0.3, -0.25) is 3.97 Å². The van der Waals surface area contributed by atoms with Crippen LogP contribution < -0.4 is 0 Å². The second-order valence-electron chi connectivity index (χ2n) is 10.4. The van der Waals surface area contributed by atoms with E-state index >= 15 is 0 Å². The van der Waals surface area contributed by atoms with Crippen LogP contribution in [0.4, 0.5) is 0 Å². The van der Waals surface area contributed by atoms with Gasteiger partial charge in [0.1, 0.15) is 0 Å². The Morgan fingerprint density at radius 1 is 0.814 bits per heavy atom. The molecule has 0 bridgehead atoms. The third kappa shape index (κ3) is 5.44. The second-order valence-corrected chi connectivity index (χ2v) is 11.8. The number of fused-ring (bicyclic) bond motifs is 1. The van der Waals surface area contributed by atoms with Crippen LogP contribution in [0.1, 0.15) is 27.0 Å². The van der Waals surface area contributed by atoms with Gasteiger partial charge in [-0.1, -0.05) is 89.5 Å². The number of nitrogens with zero attached hydrogens (tertiary/aromatic N) is 2. The van der Waals surface area contributed by atoms with Crippen molar-refractivity contribution < 1.29 is 9.53 Å². The molecule has 210 valence electrons. The van der Waals surface area contributed by atoms with Gasteiger partial charge in [0, 0.05) is 37.6 Å². The standard InChI is InChI=1S/C37H27ClN2O2S/c1-23-12-16-29(17-13-23)43-40-34-10-5-4-9-31(34)35(32-19-24(2)11-14-28(32)22-39)36(40)26-8-6-7-25(20-26)30-18-15-27(21-33(30)38)37(41)42-3/h4-21H,1-3H3. The van der Waals surface area contributed by atoms with E-state index in [4.69, 9.17) is 16.3 Å². The number of methoxy groups -OCH3 is 1. The topological polar surface area (TPSA) is 55.0 Å². The van der Waals surface area contributed by atoms with Gasteiger partial charge in [0.15, 0.2) is 0 Å². The third-order valence-electron chi connectivity index (χ3n) is 7.45. The van der Waals surface area contributed by atoms with Crippen molar-refractivity contribution in [1.82, 2.24) is 3.97 Å². The summed E-state index contributed by atoms with van der Waals surface area (Å²) in [4.78, 5) is 13.2. The Morgan fingerprint density at radius 2 is 1.56 bits per heavy atom. The van der Waals surface area contributed by atoms with Crippen LogP contribution in [-0.4, -0.2) is 17.1 Å². The lowest BCUT2D eigenvalue weighted by atomic mass is 9.92. The minimum Gasteiger partial charge on any atom is -0.465 e. The fourth-order valence-electron chi connectivity index (χ4n) is 5.34. The van der Waals surface area contributed by atoms with Crippen LogP contribution in [0.5, 0.6) is 0 Å². The highest BCUT2D eigenvalue weighted by molar-refractivity contribution is 7.98. The minimum absolute atomic E-state index is 0.396. The molecule has 0 spiro atoms. The number of benzene rings is 5. The summed E-state index contributed by atoms with van der Waals surface area (Å²) in [5.41, 5.74) is 9.90. The summed E-state index contributed by atoms with van der Waals surface area (Å²) in [7, 11) is 1.35. The Bertz CT molecular complexity index is 2050. The zero-order valence-electron chi connectivity index (χ0n) is 23.9. The second kappa shape index (κ2) is 11.9. The Balaban J connectivity index is 1.63. The van der Waals surface area contributed by atoms with Crippen LogP contribution in [0.15, 0.2) is 114 Å². The van der Waals surface area contributed by atoms with E-state index < -0.39 is 5.97 Å². The van der Waals surface area contributed by atoms with E-state index in [-0.39, 0.29) is 0 Å². The lowest BCUT2D eigenvalue weighted by molar-refractivity contribution is 0.0600. The van der Waals surface area contributed by atoms with Crippen molar-refractivity contribution in [2.75, 3.05) is 7.11 Å². The van der Waals surface area contributed by atoms with Crippen molar-refractivity contribution >= 4 is 40.4 Å². The van der Waals surface area contributed by atoms with E-state index in [0.717, 1.165) is 54.9 Å². The smallest absolute Gasteiger partial charge is 0.337 e. The van der Waals surface area contributed by atoms with Gasteiger partial charge in [-0.25, -0.2) is 4.79 Å². The molecule has 4 nitrogen and oxygen atoms in total. The summed E-state index contributed by atoms with van der Waals surface area (Å²) in [6, 6.07) is 38.6. The molecule has 5 aromatic carbocycles. The number of aromatic nitrogens is 1. The largest absolute Gasteiger partial charge is 0.465 e. The van der Waals surface area contributed by atoms with E-state index in [1.54, 1.807) is 24.1 Å². The molecule has 1 heterocycles. The van der Waals surface area contributed by atoms with Crippen molar-refractivity contribution in [2.24, 2.45) is 0 Å². The highest BCUT2D eigenvalue weighted by atomic mass is 35.5. The van der Waals surface area contributed by atoms with Crippen LogP contribution in [0.3, 0.4) is 0 Å². The molecule has 0 aliphatic rings. The molecule has 6 aromatic rings. The molecule has 0 atom stereocenters. The van der Waals surface area contributed by atoms with Crippen molar-refractivity contribution in [2.45, 2.75) is 18.7 Å². The normalized spacial score (nSPS) is 11.0. The first-order valence-electron chi connectivity index (χ1n) is 13.8. The van der Waals surface area contributed by atoms with E-state index in [2.05, 4.69) is 71.6 Å². The van der Waals surface area contributed by atoms with Gasteiger partial charge in [0.25, 0.3) is 0 Å². The predicted molar refractivity (Wildman–Crippen MR) is 176 cm³/mol. The first-order valence-corrected chi connectivity index (χ1v) is 14.9. The molecule has 0 radical (unpaired) electrons. The Labute approximate surface area is 260 Å². The van der Waals surface area contributed by atoms with Crippen LogP contribution in [0.25, 0.3) is 44.4 Å². The molecule has 0 fully saturated rings. The number of hydrogen-bond donors (Lipinski definition) is 0. The van der Waals surface area contributed by atoms with Crippen molar-refractivity contribution in [3.8, 4) is 39.6 Å². The molecule has 6 rings (SSSR count). The summed E-state index contributed by atoms with van der Waals surface area (Å²) < 4.78 is 7.13. The van der Waals surface area contributed by atoms with E-state index in [1.807, 2.05) is 49.4 Å². The Morgan fingerprint density at radius 3 is 2.30 bits per heavy atom. The maximum Gasteiger partial charge on any atom is 0.337 e. The number of halogens is 1. The monoisotopic (exact) mass is 598 g/mol. The summed E-state index contributed by atoms with van der Waals surface area (Å²) in [6.45, 7) is 4.13. The van der Waals surface area contributed by atoms with Gasteiger partial charge in [0.2, 0.25) is 0 Å². The maximum absolute atomic E-state index is 12.1. The molecule has 0 aliphatic carbocycles. The molecule has 43 heavy (non-hydrogen) atoms. The first kappa shape index (κ1) is 28.4. The van der Waals surface area contributed by atoms with Crippen LogP contribution in [0, 0.1) is 25.2 Å². The van der Waals surface area contributed by atoms with Gasteiger partial charge in [-0.2, -0.15) is 5.26 Å². The predicted octanol–water partition coefficient (Wildman–Crippen LogP) is 10.1. The average molecular weight is 599 g/mol. The van der Waals surface area contributed by atoms with Gasteiger partial charge >= 0.3 is 5.97 Å². The number of esters is 1. The Kier molecular flexibility index (Phi) is 7.82. The number of rotatable bonds is 6. The molecule has 0 unspecified atom stereocenters. The highest BCUT2D eigenvalue weighted by Gasteiger charge is 2.23. The van der Waals surface area contributed by atoms with E-state index in [1.165, 1.54) is 12.7 Å². The van der Waals surface area contributed by atoms with Crippen LogP contribution >= 0.6 is 23.5 Å². The van der Waals surface area contributed by atoms with Crippen LogP contribution in [-0.2, 0) is 4.74 Å². The lowest BCUT2D eigenvalue weighted by Crippen LogP contribution is -2.00. The number of carbonyl (C=O) groups excluding carboxylic acids is 1. The SMILES string of the molecule is COC(=O)c1ccc(-c2cccc(-c3c(-c4cc(C)ccc4C#N)c4ccccc4n3Sc3ccc(C)cc3)c2)c(Cl)c1. The molecule has 0 amide bonds. The van der Waals surface area contributed by atoms with Crippen molar-refractivity contribution in [1.29, 1.82) is 5.26 Å². The first-order chi connectivity index (χ1) is 20.9. The molecule has 0 saturated carbocycles. The molecule has 1 aromatic heterocycles. The Hall–Kier alpha value is -4.76. The lowest BCUT2D eigenvalue weighted by Gasteiger charge is -2.15. The number of aryl methyl sites for hydroxylation is 2. The molecular weight excluding hydrogens is 572 g/mol. The van der Waals surface area contributed by atoms with Crippen molar-refractivity contribution in [3.05, 3.63) is 136 Å². The van der Waals surface area contributed by atoms with Gasteiger partial charge in [0.05, 0.1) is 35.5 Å². The average Bonchev–Trinajstić information content (AvgIpc) is 3.35. The number of ether oxygens (including phenoxy) is 1. The summed E-state index contributed by atoms with van der Waals surface area (Å²) in [5.74, 6) is -0.434. The number of carbonyl (C=O) groups is 1. The van der Waals surface area contributed by atoms with E-state index in [9.17, 15) is 10.1 Å². The highest BCUT2D eigenvalue weighted by Crippen LogP contribution is 2.46. The molecule has 0 saturated heterocycles. The minimum atomic E-state index is -0.434. The molecular formula is C37H27ClN2O2S.